The molecule has 0 aliphatic carbocycles. The zero-order chi connectivity index (χ0) is 18.3. The molecule has 0 bridgehead atoms. The molecule has 0 heterocycles. The maximum Gasteiger partial charge on any atom is 0.146 e. The van der Waals surface area contributed by atoms with Gasteiger partial charge < -0.3 is 9.47 Å². The molecule has 0 aliphatic heterocycles. The van der Waals surface area contributed by atoms with Gasteiger partial charge >= 0.3 is 0 Å². The predicted octanol–water partition coefficient (Wildman–Crippen LogP) is 7.59. The van der Waals surface area contributed by atoms with Crippen LogP contribution in [0, 0.1) is 0 Å². The van der Waals surface area contributed by atoms with E-state index in [1.807, 2.05) is 0 Å². The van der Waals surface area contributed by atoms with Gasteiger partial charge in [0.25, 0.3) is 0 Å². The van der Waals surface area contributed by atoms with E-state index in [1.165, 1.54) is 77.0 Å². The minimum absolute atomic E-state index is 0.447. The van der Waals surface area contributed by atoms with Gasteiger partial charge in [0.2, 0.25) is 0 Å². The van der Waals surface area contributed by atoms with E-state index in [2.05, 4.69) is 38.2 Å². The minimum Gasteiger partial charge on any atom is -0.355 e. The van der Waals surface area contributed by atoms with Crippen molar-refractivity contribution in [2.75, 3.05) is 20.0 Å². The van der Waals surface area contributed by atoms with Crippen molar-refractivity contribution in [2.45, 2.75) is 104 Å². The van der Waals surface area contributed by atoms with Crippen LogP contribution in [0.3, 0.4) is 0 Å². The van der Waals surface area contributed by atoms with E-state index < -0.39 is 0 Å². The first kappa shape index (κ1) is 24.4. The number of ether oxygens (including phenoxy) is 2. The van der Waals surface area contributed by atoms with E-state index in [1.54, 1.807) is 0 Å². The molecule has 0 rings (SSSR count). The highest BCUT2D eigenvalue weighted by Crippen LogP contribution is 2.09. The van der Waals surface area contributed by atoms with Crippen LogP contribution in [-0.4, -0.2) is 20.0 Å². The van der Waals surface area contributed by atoms with E-state index in [4.69, 9.17) is 9.47 Å². The van der Waals surface area contributed by atoms with Crippen molar-refractivity contribution in [2.24, 2.45) is 0 Å². The highest BCUT2D eigenvalue weighted by atomic mass is 16.7. The quantitative estimate of drug-likeness (QED) is 0.128. The van der Waals surface area contributed by atoms with Gasteiger partial charge in [0, 0.05) is 6.61 Å². The molecule has 0 aromatic heterocycles. The predicted molar refractivity (Wildman–Crippen MR) is 111 cm³/mol. The van der Waals surface area contributed by atoms with Gasteiger partial charge in [0.05, 0.1) is 6.61 Å². The summed E-state index contributed by atoms with van der Waals surface area (Å²) in [6, 6.07) is 0. The van der Waals surface area contributed by atoms with E-state index >= 15 is 0 Å². The summed E-state index contributed by atoms with van der Waals surface area (Å²) < 4.78 is 10.8. The Morgan fingerprint density at radius 3 is 1.56 bits per heavy atom. The minimum atomic E-state index is 0.447. The fourth-order valence-electron chi connectivity index (χ4n) is 2.60. The molecule has 0 N–H and O–H groups in total. The second kappa shape index (κ2) is 23.4. The fourth-order valence-corrected chi connectivity index (χ4v) is 2.60. The summed E-state index contributed by atoms with van der Waals surface area (Å²) in [5.74, 6) is 0. The zero-order valence-corrected chi connectivity index (χ0v) is 17.1. The third-order valence-electron chi connectivity index (χ3n) is 4.29. The normalized spacial score (nSPS) is 11.9. The largest absolute Gasteiger partial charge is 0.355 e. The van der Waals surface area contributed by atoms with Gasteiger partial charge in [-0.15, -0.1) is 0 Å². The Bertz CT molecular complexity index is 284. The van der Waals surface area contributed by atoms with Crippen molar-refractivity contribution in [3.63, 3.8) is 0 Å². The van der Waals surface area contributed by atoms with Crippen LogP contribution in [0.4, 0.5) is 0 Å². The van der Waals surface area contributed by atoms with Crippen molar-refractivity contribution in [1.29, 1.82) is 0 Å². The van der Waals surface area contributed by atoms with E-state index in [0.29, 0.717) is 6.79 Å². The molecule has 0 unspecified atom stereocenters. The van der Waals surface area contributed by atoms with Crippen LogP contribution in [0.5, 0.6) is 0 Å². The number of unbranched alkanes of at least 4 members (excludes halogenated alkanes) is 10. The molecule has 0 saturated carbocycles. The number of rotatable bonds is 20. The molecular formula is C23H44O2. The molecule has 0 radical (unpaired) electrons. The Morgan fingerprint density at radius 1 is 0.480 bits per heavy atom. The molecule has 25 heavy (non-hydrogen) atoms. The van der Waals surface area contributed by atoms with Crippen molar-refractivity contribution < 1.29 is 9.47 Å². The Morgan fingerprint density at radius 2 is 0.960 bits per heavy atom. The van der Waals surface area contributed by atoms with Crippen LogP contribution in [0.2, 0.25) is 0 Å². The highest BCUT2D eigenvalue weighted by molar-refractivity contribution is 4.82. The van der Waals surface area contributed by atoms with Crippen LogP contribution in [-0.2, 0) is 9.47 Å². The second-order valence-electron chi connectivity index (χ2n) is 6.86. The lowest BCUT2D eigenvalue weighted by atomic mass is 10.1. The molecule has 0 aliphatic rings. The number of allylic oxidation sites excluding steroid dienone is 3. The Balaban J connectivity index is 3.09. The molecular weight excluding hydrogens is 308 g/mol. The standard InChI is InChI=1S/C23H44O2/c1-3-5-7-8-9-10-11-12-13-14-15-16-17-18-19-20-22-25-23-24-21-6-4-2/h8-9,18-19H,3-7,10-17,20-23H2,1-2H3/b9-8-,19-18-. The summed E-state index contributed by atoms with van der Waals surface area (Å²) in [6.45, 7) is 6.47. The van der Waals surface area contributed by atoms with E-state index in [0.717, 1.165) is 26.1 Å². The van der Waals surface area contributed by atoms with Crippen LogP contribution in [0.1, 0.15) is 104 Å². The van der Waals surface area contributed by atoms with Crippen molar-refractivity contribution in [3.05, 3.63) is 24.3 Å². The van der Waals surface area contributed by atoms with Gasteiger partial charge in [0.1, 0.15) is 6.79 Å². The summed E-state index contributed by atoms with van der Waals surface area (Å²) in [5, 5.41) is 0. The van der Waals surface area contributed by atoms with Gasteiger partial charge in [0.15, 0.2) is 0 Å². The summed E-state index contributed by atoms with van der Waals surface area (Å²) in [4.78, 5) is 0. The third kappa shape index (κ3) is 23.4. The lowest BCUT2D eigenvalue weighted by Gasteiger charge is -2.03. The average Bonchev–Trinajstić information content (AvgIpc) is 2.63. The summed E-state index contributed by atoms with van der Waals surface area (Å²) >= 11 is 0. The third-order valence-corrected chi connectivity index (χ3v) is 4.29. The Kier molecular flexibility index (Phi) is 22.8. The second-order valence-corrected chi connectivity index (χ2v) is 6.86. The molecule has 148 valence electrons. The first-order valence-electron chi connectivity index (χ1n) is 10.9. The molecule has 2 nitrogen and oxygen atoms in total. The Labute approximate surface area is 158 Å². The van der Waals surface area contributed by atoms with E-state index in [-0.39, 0.29) is 0 Å². The monoisotopic (exact) mass is 352 g/mol. The molecule has 0 spiro atoms. The molecule has 0 aromatic carbocycles. The van der Waals surface area contributed by atoms with Crippen LogP contribution in [0.25, 0.3) is 0 Å². The van der Waals surface area contributed by atoms with Gasteiger partial charge in [-0.05, 0) is 44.9 Å². The molecule has 0 aromatic rings. The maximum absolute atomic E-state index is 5.42. The van der Waals surface area contributed by atoms with E-state index in [9.17, 15) is 0 Å². The van der Waals surface area contributed by atoms with Crippen LogP contribution < -0.4 is 0 Å². The van der Waals surface area contributed by atoms with Crippen LogP contribution >= 0.6 is 0 Å². The molecule has 0 amide bonds. The molecule has 0 atom stereocenters. The average molecular weight is 353 g/mol. The SMILES string of the molecule is CCCC/C=C\CCCCCCCC/C=C\CCOCOCCCC. The molecule has 0 fully saturated rings. The number of hydrogen-bond acceptors (Lipinski definition) is 2. The summed E-state index contributed by atoms with van der Waals surface area (Å²) in [6.07, 6.45) is 27.3. The maximum atomic E-state index is 5.42. The van der Waals surface area contributed by atoms with Crippen molar-refractivity contribution in [3.8, 4) is 0 Å². The lowest BCUT2D eigenvalue weighted by Crippen LogP contribution is -2.02. The van der Waals surface area contributed by atoms with Gasteiger partial charge in [-0.25, -0.2) is 0 Å². The van der Waals surface area contributed by atoms with Crippen molar-refractivity contribution in [1.82, 2.24) is 0 Å². The number of hydrogen-bond donors (Lipinski definition) is 0. The smallest absolute Gasteiger partial charge is 0.146 e. The van der Waals surface area contributed by atoms with Gasteiger partial charge in [-0.1, -0.05) is 83.1 Å². The lowest BCUT2D eigenvalue weighted by molar-refractivity contribution is -0.0528. The van der Waals surface area contributed by atoms with Crippen LogP contribution in [0.15, 0.2) is 24.3 Å². The summed E-state index contributed by atoms with van der Waals surface area (Å²) in [7, 11) is 0. The Hall–Kier alpha value is -0.600. The first-order chi connectivity index (χ1) is 12.4. The topological polar surface area (TPSA) is 18.5 Å². The summed E-state index contributed by atoms with van der Waals surface area (Å²) in [5.41, 5.74) is 0. The van der Waals surface area contributed by atoms with Gasteiger partial charge in [-0.2, -0.15) is 0 Å². The van der Waals surface area contributed by atoms with Crippen molar-refractivity contribution >= 4 is 0 Å². The fraction of sp³-hybridized carbons (Fsp3) is 0.826. The van der Waals surface area contributed by atoms with Gasteiger partial charge in [-0.3, -0.25) is 0 Å². The molecule has 0 saturated heterocycles. The first-order valence-corrected chi connectivity index (χ1v) is 10.9. The highest BCUT2D eigenvalue weighted by Gasteiger charge is 1.91. The molecule has 2 heteroatoms. The zero-order valence-electron chi connectivity index (χ0n) is 17.1.